The molecule has 4 nitrogen and oxygen atoms in total. The Morgan fingerprint density at radius 3 is 2.33 bits per heavy atom. The lowest BCUT2D eigenvalue weighted by atomic mass is 10.1. The number of carbonyl (C=O) groups excluding carboxylic acids is 2. The minimum atomic E-state index is -1.67. The molecule has 2 aromatic rings. The summed E-state index contributed by atoms with van der Waals surface area (Å²) in [7, 11) is 0. The second-order valence-corrected chi connectivity index (χ2v) is 6.29. The third kappa shape index (κ3) is 4.27. The standard InChI is InChI=1S/C19H16F4N2O2/c20-13-4-2-1-3-10(13)7-8-24-18(26)11-9-12(11)19(27)25-15-6-5-14(21)16(22)17(15)23/h1-6,11-12H,7-9H2,(H,24,26)(H,25,27). The van der Waals surface area contributed by atoms with Crippen molar-refractivity contribution < 1.29 is 27.2 Å². The fourth-order valence-corrected chi connectivity index (χ4v) is 2.78. The lowest BCUT2D eigenvalue weighted by Crippen LogP contribution is -2.29. The quantitative estimate of drug-likeness (QED) is 0.597. The molecule has 142 valence electrons. The monoisotopic (exact) mass is 380 g/mol. The predicted molar refractivity (Wildman–Crippen MR) is 89.7 cm³/mol. The molecular weight excluding hydrogens is 364 g/mol. The van der Waals surface area contributed by atoms with Crippen LogP contribution in [0.5, 0.6) is 0 Å². The van der Waals surface area contributed by atoms with Crippen LogP contribution in [0.15, 0.2) is 36.4 Å². The van der Waals surface area contributed by atoms with Crippen LogP contribution in [0, 0.1) is 35.1 Å². The van der Waals surface area contributed by atoms with Crippen LogP contribution in [0.4, 0.5) is 23.2 Å². The van der Waals surface area contributed by atoms with Crippen LogP contribution in [-0.2, 0) is 16.0 Å². The second-order valence-electron chi connectivity index (χ2n) is 6.29. The Bertz CT molecular complexity index is 888. The number of anilines is 1. The maximum Gasteiger partial charge on any atom is 0.228 e. The molecule has 0 spiro atoms. The van der Waals surface area contributed by atoms with Gasteiger partial charge in [0.25, 0.3) is 0 Å². The normalized spacial score (nSPS) is 18.1. The van der Waals surface area contributed by atoms with E-state index in [0.29, 0.717) is 18.1 Å². The molecule has 1 aliphatic rings. The molecule has 1 saturated carbocycles. The third-order valence-corrected chi connectivity index (χ3v) is 4.41. The Kier molecular flexibility index (Phi) is 5.43. The van der Waals surface area contributed by atoms with Crippen LogP contribution in [0.25, 0.3) is 0 Å². The van der Waals surface area contributed by atoms with Gasteiger partial charge in [0.05, 0.1) is 17.5 Å². The van der Waals surface area contributed by atoms with E-state index in [-0.39, 0.29) is 24.7 Å². The first-order valence-corrected chi connectivity index (χ1v) is 8.34. The summed E-state index contributed by atoms with van der Waals surface area (Å²) in [6.45, 7) is 0.211. The van der Waals surface area contributed by atoms with Gasteiger partial charge in [-0.3, -0.25) is 9.59 Å². The molecule has 0 saturated heterocycles. The van der Waals surface area contributed by atoms with E-state index < -0.39 is 40.9 Å². The van der Waals surface area contributed by atoms with E-state index in [9.17, 15) is 27.2 Å². The third-order valence-electron chi connectivity index (χ3n) is 4.41. The minimum absolute atomic E-state index is 0.211. The molecule has 2 aromatic carbocycles. The SMILES string of the molecule is O=C(NCCc1ccccc1F)C1CC1C(=O)Nc1ccc(F)c(F)c1F. The Morgan fingerprint density at radius 1 is 0.889 bits per heavy atom. The summed E-state index contributed by atoms with van der Waals surface area (Å²) in [5, 5.41) is 4.79. The van der Waals surface area contributed by atoms with Crippen LogP contribution in [0.3, 0.4) is 0 Å². The van der Waals surface area contributed by atoms with E-state index in [1.807, 2.05) is 0 Å². The largest absolute Gasteiger partial charge is 0.356 e. The highest BCUT2D eigenvalue weighted by molar-refractivity contribution is 5.99. The maximum absolute atomic E-state index is 13.6. The van der Waals surface area contributed by atoms with Crippen molar-refractivity contribution in [1.82, 2.24) is 5.32 Å². The Balaban J connectivity index is 1.48. The number of carbonyl (C=O) groups is 2. The lowest BCUT2D eigenvalue weighted by molar-refractivity contribution is -0.125. The molecule has 1 fully saturated rings. The summed E-state index contributed by atoms with van der Waals surface area (Å²) < 4.78 is 53.2. The van der Waals surface area contributed by atoms with E-state index in [4.69, 9.17) is 0 Å². The molecule has 2 unspecified atom stereocenters. The molecular formula is C19H16F4N2O2. The van der Waals surface area contributed by atoms with E-state index in [0.717, 1.165) is 6.07 Å². The van der Waals surface area contributed by atoms with Crippen LogP contribution in [-0.4, -0.2) is 18.4 Å². The highest BCUT2D eigenvalue weighted by Gasteiger charge is 2.48. The molecule has 0 radical (unpaired) electrons. The first kappa shape index (κ1) is 18.9. The second kappa shape index (κ2) is 7.77. The number of hydrogen-bond donors (Lipinski definition) is 2. The number of benzene rings is 2. The molecule has 2 N–H and O–H groups in total. The van der Waals surface area contributed by atoms with Crippen molar-refractivity contribution in [2.45, 2.75) is 12.8 Å². The topological polar surface area (TPSA) is 58.2 Å². The molecule has 2 amide bonds. The molecule has 0 bridgehead atoms. The maximum atomic E-state index is 13.6. The van der Waals surface area contributed by atoms with Crippen molar-refractivity contribution in [3.05, 3.63) is 65.2 Å². The zero-order valence-electron chi connectivity index (χ0n) is 14.1. The minimum Gasteiger partial charge on any atom is -0.356 e. The van der Waals surface area contributed by atoms with Gasteiger partial charge in [0.1, 0.15) is 5.82 Å². The highest BCUT2D eigenvalue weighted by atomic mass is 19.2. The highest BCUT2D eigenvalue weighted by Crippen LogP contribution is 2.39. The van der Waals surface area contributed by atoms with Crippen molar-refractivity contribution in [2.24, 2.45) is 11.8 Å². The summed E-state index contributed by atoms with van der Waals surface area (Å²) in [6.07, 6.45) is 0.574. The lowest BCUT2D eigenvalue weighted by Gasteiger charge is -2.08. The van der Waals surface area contributed by atoms with E-state index in [1.165, 1.54) is 6.07 Å². The number of halogens is 4. The van der Waals surface area contributed by atoms with Crippen LogP contribution >= 0.6 is 0 Å². The zero-order chi connectivity index (χ0) is 19.6. The molecule has 0 heterocycles. The number of nitrogens with one attached hydrogen (secondary N) is 2. The molecule has 27 heavy (non-hydrogen) atoms. The van der Waals surface area contributed by atoms with Gasteiger partial charge in [-0.25, -0.2) is 17.6 Å². The Labute approximate surface area is 152 Å². The van der Waals surface area contributed by atoms with Crippen molar-refractivity contribution in [1.29, 1.82) is 0 Å². The molecule has 0 aromatic heterocycles. The Hall–Kier alpha value is -2.90. The first-order valence-electron chi connectivity index (χ1n) is 8.34. The molecule has 1 aliphatic carbocycles. The van der Waals surface area contributed by atoms with E-state index in [1.54, 1.807) is 18.2 Å². The molecule has 2 atom stereocenters. The van der Waals surface area contributed by atoms with Gasteiger partial charge in [-0.15, -0.1) is 0 Å². The molecule has 3 rings (SSSR count). The predicted octanol–water partition coefficient (Wildman–Crippen LogP) is 3.18. The number of amides is 2. The van der Waals surface area contributed by atoms with Crippen LogP contribution < -0.4 is 10.6 Å². The van der Waals surface area contributed by atoms with Crippen molar-refractivity contribution in [3.63, 3.8) is 0 Å². The van der Waals surface area contributed by atoms with Crippen LogP contribution in [0.1, 0.15) is 12.0 Å². The fraction of sp³-hybridized carbons (Fsp3) is 0.263. The molecule has 8 heteroatoms. The summed E-state index contributed by atoms with van der Waals surface area (Å²) in [6, 6.07) is 7.83. The average Bonchev–Trinajstić information content (AvgIpc) is 3.45. The van der Waals surface area contributed by atoms with Gasteiger partial charge < -0.3 is 10.6 Å². The number of rotatable bonds is 6. The van der Waals surface area contributed by atoms with Gasteiger partial charge in [-0.1, -0.05) is 18.2 Å². The average molecular weight is 380 g/mol. The zero-order valence-corrected chi connectivity index (χ0v) is 14.1. The summed E-state index contributed by atoms with van der Waals surface area (Å²) in [4.78, 5) is 24.1. The van der Waals surface area contributed by atoms with Gasteiger partial charge in [0, 0.05) is 6.54 Å². The van der Waals surface area contributed by atoms with Gasteiger partial charge >= 0.3 is 0 Å². The van der Waals surface area contributed by atoms with Gasteiger partial charge in [0.2, 0.25) is 11.8 Å². The van der Waals surface area contributed by atoms with Gasteiger partial charge in [-0.05, 0) is 36.6 Å². The van der Waals surface area contributed by atoms with Gasteiger partial charge in [-0.2, -0.15) is 0 Å². The van der Waals surface area contributed by atoms with Crippen molar-refractivity contribution in [2.75, 3.05) is 11.9 Å². The number of hydrogen-bond acceptors (Lipinski definition) is 2. The summed E-state index contributed by atoms with van der Waals surface area (Å²) >= 11 is 0. The summed E-state index contributed by atoms with van der Waals surface area (Å²) in [5.74, 6) is -7.15. The van der Waals surface area contributed by atoms with Gasteiger partial charge in [0.15, 0.2) is 17.5 Å². The van der Waals surface area contributed by atoms with E-state index in [2.05, 4.69) is 10.6 Å². The molecule has 0 aliphatic heterocycles. The smallest absolute Gasteiger partial charge is 0.228 e. The van der Waals surface area contributed by atoms with Crippen LogP contribution in [0.2, 0.25) is 0 Å². The van der Waals surface area contributed by atoms with Crippen molar-refractivity contribution >= 4 is 17.5 Å². The Morgan fingerprint density at radius 2 is 1.59 bits per heavy atom. The first-order chi connectivity index (χ1) is 12.9. The van der Waals surface area contributed by atoms with E-state index >= 15 is 0 Å². The van der Waals surface area contributed by atoms with Crippen molar-refractivity contribution in [3.8, 4) is 0 Å². The summed E-state index contributed by atoms with van der Waals surface area (Å²) in [5.41, 5.74) is -0.0128. The fourth-order valence-electron chi connectivity index (χ4n) is 2.78.